The first-order chi connectivity index (χ1) is 18.7. The van der Waals surface area contributed by atoms with Crippen LogP contribution in [0.5, 0.6) is 0 Å². The van der Waals surface area contributed by atoms with Crippen LogP contribution in [0.25, 0.3) is 0 Å². The van der Waals surface area contributed by atoms with Crippen LogP contribution in [0.1, 0.15) is 129 Å². The monoisotopic (exact) mass is 581 g/mol. The van der Waals surface area contributed by atoms with Gasteiger partial charge in [-0.2, -0.15) is 0 Å². The molecule has 10 nitrogen and oxygen atoms in total. The Kier molecular flexibility index (Phi) is 26.4. The van der Waals surface area contributed by atoms with Crippen molar-refractivity contribution in [2.75, 3.05) is 33.2 Å². The number of phosphoric ester groups is 1. The highest BCUT2D eigenvalue weighted by molar-refractivity contribution is 7.46. The SMILES string of the molecule is CCCCCCCCCCCCC(=O)O[C@H](COCOCCCCCCCCCNC(C)=O)COP(=O)(O)O. The number of rotatable bonds is 29. The van der Waals surface area contributed by atoms with Crippen LogP contribution in [0, 0.1) is 0 Å². The molecular formula is C28H56NO9P. The summed E-state index contributed by atoms with van der Waals surface area (Å²) in [6, 6.07) is 0. The molecule has 3 N–H and O–H groups in total. The van der Waals surface area contributed by atoms with Crippen molar-refractivity contribution in [1.82, 2.24) is 5.32 Å². The molecule has 0 aliphatic carbocycles. The van der Waals surface area contributed by atoms with Gasteiger partial charge in [-0.05, 0) is 19.3 Å². The molecule has 0 bridgehead atoms. The van der Waals surface area contributed by atoms with Crippen molar-refractivity contribution in [2.24, 2.45) is 0 Å². The summed E-state index contributed by atoms with van der Waals surface area (Å²) in [7, 11) is -4.68. The number of nitrogens with one attached hydrogen (secondary N) is 1. The highest BCUT2D eigenvalue weighted by Gasteiger charge is 2.21. The molecule has 1 amide bonds. The second-order valence-electron chi connectivity index (χ2n) is 10.2. The molecule has 0 aliphatic rings. The molecule has 0 aromatic heterocycles. The number of amides is 1. The standard InChI is InChI=1S/C28H56NO9P/c1-3-4-5-6-7-8-9-11-14-17-20-28(31)38-27(24-37-39(32,33)34)23-36-25-35-22-19-16-13-10-12-15-18-21-29-26(2)30/h27H,3-25H2,1-2H3,(H,29,30)(H2,32,33,34)/t27-/m1/s1. The Labute approximate surface area is 236 Å². The molecule has 1 atom stereocenters. The second kappa shape index (κ2) is 27.2. The van der Waals surface area contributed by atoms with Gasteiger partial charge in [0.05, 0.1) is 13.2 Å². The van der Waals surface area contributed by atoms with Crippen LogP contribution in [0.2, 0.25) is 0 Å². The maximum atomic E-state index is 12.2. The summed E-state index contributed by atoms with van der Waals surface area (Å²) < 4.78 is 31.8. The first kappa shape index (κ1) is 38.0. The first-order valence-electron chi connectivity index (χ1n) is 15.0. The van der Waals surface area contributed by atoms with Crippen LogP contribution in [0.4, 0.5) is 0 Å². The summed E-state index contributed by atoms with van der Waals surface area (Å²) in [4.78, 5) is 40.9. The number of hydrogen-bond donors (Lipinski definition) is 3. The predicted molar refractivity (Wildman–Crippen MR) is 152 cm³/mol. The molecule has 11 heteroatoms. The maximum absolute atomic E-state index is 12.2. The molecule has 0 rings (SSSR count). The Hall–Kier alpha value is -1.03. The van der Waals surface area contributed by atoms with Crippen LogP contribution in [-0.4, -0.2) is 60.9 Å². The van der Waals surface area contributed by atoms with E-state index < -0.39 is 26.5 Å². The van der Waals surface area contributed by atoms with Gasteiger partial charge in [0.25, 0.3) is 0 Å². The number of unbranched alkanes of at least 4 members (excludes halogenated alkanes) is 15. The first-order valence-corrected chi connectivity index (χ1v) is 16.6. The number of esters is 1. The normalized spacial score (nSPS) is 12.4. The highest BCUT2D eigenvalue weighted by Crippen LogP contribution is 2.35. The molecule has 0 radical (unpaired) electrons. The largest absolute Gasteiger partial charge is 0.469 e. The van der Waals surface area contributed by atoms with Crippen molar-refractivity contribution in [3.63, 3.8) is 0 Å². The van der Waals surface area contributed by atoms with Crippen LogP contribution >= 0.6 is 7.82 Å². The Morgan fingerprint density at radius 1 is 0.744 bits per heavy atom. The van der Waals surface area contributed by atoms with Gasteiger partial charge in [0, 0.05) is 26.5 Å². The fraction of sp³-hybridized carbons (Fsp3) is 0.929. The van der Waals surface area contributed by atoms with E-state index in [0.717, 1.165) is 70.8 Å². The maximum Gasteiger partial charge on any atom is 0.469 e. The van der Waals surface area contributed by atoms with Crippen LogP contribution in [0.15, 0.2) is 0 Å². The summed E-state index contributed by atoms with van der Waals surface area (Å²) in [5, 5.41) is 2.80. The van der Waals surface area contributed by atoms with Crippen LogP contribution in [-0.2, 0) is 32.9 Å². The van der Waals surface area contributed by atoms with Crippen LogP contribution < -0.4 is 5.32 Å². The van der Waals surface area contributed by atoms with E-state index in [1.165, 1.54) is 51.9 Å². The average Bonchev–Trinajstić information content (AvgIpc) is 2.87. The smallest absolute Gasteiger partial charge is 0.457 e. The van der Waals surface area contributed by atoms with Gasteiger partial charge in [-0.15, -0.1) is 0 Å². The van der Waals surface area contributed by atoms with Gasteiger partial charge in [0.1, 0.15) is 12.9 Å². The van der Waals surface area contributed by atoms with Gasteiger partial charge < -0.3 is 29.3 Å². The second-order valence-corrected chi connectivity index (χ2v) is 11.4. The van der Waals surface area contributed by atoms with Gasteiger partial charge in [-0.3, -0.25) is 14.1 Å². The molecule has 0 saturated carbocycles. The summed E-state index contributed by atoms with van der Waals surface area (Å²) in [6.45, 7) is 4.53. The Bertz CT molecular complexity index is 630. The van der Waals surface area contributed by atoms with Gasteiger partial charge >= 0.3 is 13.8 Å². The number of phosphoric acid groups is 1. The number of hydrogen-bond acceptors (Lipinski definition) is 7. The number of carbonyl (C=O) groups is 2. The van der Waals surface area contributed by atoms with E-state index in [9.17, 15) is 14.2 Å². The average molecular weight is 582 g/mol. The highest BCUT2D eigenvalue weighted by atomic mass is 31.2. The third kappa shape index (κ3) is 31.4. The molecular weight excluding hydrogens is 525 g/mol. The van der Waals surface area contributed by atoms with E-state index in [4.69, 9.17) is 24.0 Å². The van der Waals surface area contributed by atoms with Gasteiger partial charge in [0.2, 0.25) is 5.91 Å². The molecule has 0 fully saturated rings. The van der Waals surface area contributed by atoms with Gasteiger partial charge in [-0.25, -0.2) is 4.57 Å². The summed E-state index contributed by atoms with van der Waals surface area (Å²) >= 11 is 0. The zero-order valence-corrected chi connectivity index (χ0v) is 25.4. The molecule has 0 unspecified atom stereocenters. The van der Waals surface area contributed by atoms with Crippen molar-refractivity contribution in [1.29, 1.82) is 0 Å². The minimum Gasteiger partial charge on any atom is -0.457 e. The quantitative estimate of drug-likeness (QED) is 0.0409. The molecule has 0 saturated heterocycles. The fourth-order valence-corrected chi connectivity index (χ4v) is 4.43. The topological polar surface area (TPSA) is 141 Å². The molecule has 0 aliphatic heterocycles. The lowest BCUT2D eigenvalue weighted by Gasteiger charge is -2.18. The zero-order chi connectivity index (χ0) is 29.0. The molecule has 0 spiro atoms. The third-order valence-electron chi connectivity index (χ3n) is 6.27. The van der Waals surface area contributed by atoms with Crippen molar-refractivity contribution in [2.45, 2.75) is 136 Å². The van der Waals surface area contributed by atoms with E-state index in [2.05, 4.69) is 16.8 Å². The van der Waals surface area contributed by atoms with E-state index in [1.807, 2.05) is 0 Å². The zero-order valence-electron chi connectivity index (χ0n) is 24.5. The predicted octanol–water partition coefficient (Wildman–Crippen LogP) is 6.18. The fourth-order valence-electron chi connectivity index (χ4n) is 4.07. The molecule has 39 heavy (non-hydrogen) atoms. The van der Waals surface area contributed by atoms with E-state index in [-0.39, 0.29) is 25.7 Å². The number of ether oxygens (including phenoxy) is 3. The van der Waals surface area contributed by atoms with E-state index >= 15 is 0 Å². The lowest BCUT2D eigenvalue weighted by atomic mass is 10.1. The molecule has 0 aromatic rings. The Morgan fingerprint density at radius 2 is 1.28 bits per heavy atom. The summed E-state index contributed by atoms with van der Waals surface area (Å²) in [6.07, 6.45) is 18.5. The third-order valence-corrected chi connectivity index (χ3v) is 6.76. The van der Waals surface area contributed by atoms with Gasteiger partial charge in [-0.1, -0.05) is 96.8 Å². The van der Waals surface area contributed by atoms with Crippen LogP contribution in [0.3, 0.4) is 0 Å². The number of carbonyl (C=O) groups excluding carboxylic acids is 2. The van der Waals surface area contributed by atoms with Crippen molar-refractivity contribution >= 4 is 19.7 Å². The van der Waals surface area contributed by atoms with Crippen molar-refractivity contribution < 1.29 is 42.7 Å². The minimum atomic E-state index is -4.68. The molecule has 232 valence electrons. The molecule has 0 heterocycles. The van der Waals surface area contributed by atoms with Gasteiger partial charge in [0.15, 0.2) is 0 Å². The van der Waals surface area contributed by atoms with Crippen molar-refractivity contribution in [3.05, 3.63) is 0 Å². The van der Waals surface area contributed by atoms with E-state index in [1.54, 1.807) is 0 Å². The lowest BCUT2D eigenvalue weighted by molar-refractivity contribution is -0.158. The Balaban J connectivity index is 3.86. The Morgan fingerprint density at radius 3 is 1.85 bits per heavy atom. The molecule has 0 aromatic carbocycles. The minimum absolute atomic E-state index is 0.00551. The summed E-state index contributed by atoms with van der Waals surface area (Å²) in [5.41, 5.74) is 0. The summed E-state index contributed by atoms with van der Waals surface area (Å²) in [5.74, 6) is -0.405. The van der Waals surface area contributed by atoms with E-state index in [0.29, 0.717) is 6.61 Å². The lowest BCUT2D eigenvalue weighted by Crippen LogP contribution is -2.28. The van der Waals surface area contributed by atoms with Crippen molar-refractivity contribution in [3.8, 4) is 0 Å².